The maximum atomic E-state index is 13.2. The van der Waals surface area contributed by atoms with Crippen LogP contribution < -0.4 is 0 Å². The molecule has 11 heteroatoms. The van der Waals surface area contributed by atoms with E-state index in [1.165, 1.54) is 12.1 Å². The fourth-order valence-corrected chi connectivity index (χ4v) is 4.33. The van der Waals surface area contributed by atoms with Gasteiger partial charge in [0.1, 0.15) is 4.90 Å². The van der Waals surface area contributed by atoms with Gasteiger partial charge < -0.3 is 0 Å². The third-order valence-corrected chi connectivity index (χ3v) is 5.59. The summed E-state index contributed by atoms with van der Waals surface area (Å²) in [6.07, 6.45) is -3.96. The van der Waals surface area contributed by atoms with Crippen LogP contribution in [0.15, 0.2) is 53.6 Å². The molecule has 0 atom stereocenters. The molecule has 0 fully saturated rings. The molecule has 0 amide bonds. The van der Waals surface area contributed by atoms with E-state index in [2.05, 4.69) is 0 Å². The molecule has 3 aromatic rings. The Morgan fingerprint density at radius 2 is 1.74 bits per heavy atom. The molecule has 27 heavy (non-hydrogen) atoms. The van der Waals surface area contributed by atoms with Gasteiger partial charge in [-0.25, -0.2) is 12.4 Å². The monoisotopic (exact) mass is 398 g/mol. The topological polar surface area (TPSA) is 99.3 Å². The van der Waals surface area contributed by atoms with Crippen molar-refractivity contribution in [1.29, 1.82) is 0 Å². The number of nitro groups is 1. The lowest BCUT2D eigenvalue weighted by Gasteiger charge is -2.14. The average molecular weight is 398 g/mol. The molecule has 0 aliphatic heterocycles. The highest BCUT2D eigenvalue weighted by Crippen LogP contribution is 2.37. The van der Waals surface area contributed by atoms with E-state index in [9.17, 15) is 36.5 Å². The first-order valence-corrected chi connectivity index (χ1v) is 8.68. The van der Waals surface area contributed by atoms with Gasteiger partial charge in [-0.1, -0.05) is 18.2 Å². The molecule has 1 aromatic heterocycles. The molecule has 7 nitrogen and oxygen atoms in total. The second kappa shape index (κ2) is 6.20. The molecular weight excluding hydrogens is 389 g/mol. The molecule has 0 bridgehead atoms. The van der Waals surface area contributed by atoms with Crippen LogP contribution in [0, 0.1) is 10.1 Å². The lowest BCUT2D eigenvalue weighted by molar-refractivity contribution is -0.383. The third-order valence-electron chi connectivity index (χ3n) is 3.86. The Morgan fingerprint density at radius 1 is 1.07 bits per heavy atom. The lowest BCUT2D eigenvalue weighted by Crippen LogP contribution is -2.18. The molecule has 0 unspecified atom stereocenters. The molecule has 1 heterocycles. The zero-order valence-electron chi connectivity index (χ0n) is 13.2. The summed E-state index contributed by atoms with van der Waals surface area (Å²) in [4.78, 5) is 20.6. The molecule has 140 valence electrons. The number of hydrogen-bond acceptors (Lipinski definition) is 5. The van der Waals surface area contributed by atoms with Crippen molar-refractivity contribution in [1.82, 2.24) is 3.97 Å². The van der Waals surface area contributed by atoms with Crippen molar-refractivity contribution in [3.05, 3.63) is 69.9 Å². The highest BCUT2D eigenvalue weighted by atomic mass is 32.2. The number of fused-ring (bicyclic) bond motifs is 1. The van der Waals surface area contributed by atoms with Crippen LogP contribution in [0.1, 0.15) is 15.9 Å². The number of benzene rings is 2. The van der Waals surface area contributed by atoms with Crippen LogP contribution in [-0.2, 0) is 16.2 Å². The Hall–Kier alpha value is -3.21. The summed E-state index contributed by atoms with van der Waals surface area (Å²) in [5.74, 6) is 0. The van der Waals surface area contributed by atoms with Crippen LogP contribution in [-0.4, -0.2) is 23.6 Å². The predicted molar refractivity (Wildman–Crippen MR) is 88.0 cm³/mol. The van der Waals surface area contributed by atoms with Crippen molar-refractivity contribution in [2.75, 3.05) is 0 Å². The first-order chi connectivity index (χ1) is 12.6. The predicted octanol–water partition coefficient (Wildman–Crippen LogP) is 3.62. The Balaban J connectivity index is 2.39. The van der Waals surface area contributed by atoms with E-state index in [0.717, 1.165) is 30.5 Å². The smallest absolute Gasteiger partial charge is 0.298 e. The fourth-order valence-electron chi connectivity index (χ4n) is 2.74. The minimum Gasteiger partial charge on any atom is -0.298 e. The van der Waals surface area contributed by atoms with Gasteiger partial charge in [-0.05, 0) is 18.2 Å². The molecule has 0 aliphatic carbocycles. The number of carbonyl (C=O) groups excluding carboxylic acids is 1. The van der Waals surface area contributed by atoms with Crippen LogP contribution in [0.25, 0.3) is 10.9 Å². The maximum Gasteiger partial charge on any atom is 0.417 e. The number of rotatable bonds is 4. The molecule has 0 radical (unpaired) electrons. The van der Waals surface area contributed by atoms with Crippen molar-refractivity contribution in [2.24, 2.45) is 0 Å². The molecule has 0 saturated carbocycles. The Morgan fingerprint density at radius 3 is 2.33 bits per heavy atom. The quantitative estimate of drug-likeness (QED) is 0.380. The normalized spacial score (nSPS) is 12.3. The van der Waals surface area contributed by atoms with Gasteiger partial charge in [-0.15, -0.1) is 0 Å². The first-order valence-electron chi connectivity index (χ1n) is 7.24. The van der Waals surface area contributed by atoms with E-state index < -0.39 is 37.3 Å². The minimum atomic E-state index is -4.94. The molecular formula is C16H9F3N2O5S. The number of halogens is 3. The molecule has 0 saturated heterocycles. The van der Waals surface area contributed by atoms with Crippen LogP contribution in [0.2, 0.25) is 0 Å². The Labute approximate surface area is 149 Å². The van der Waals surface area contributed by atoms with Crippen LogP contribution >= 0.6 is 0 Å². The van der Waals surface area contributed by atoms with Crippen molar-refractivity contribution in [3.63, 3.8) is 0 Å². The number of aromatic nitrogens is 1. The number of nitrogens with zero attached hydrogens (tertiary/aromatic N) is 2. The van der Waals surface area contributed by atoms with Gasteiger partial charge in [0.25, 0.3) is 15.7 Å². The SMILES string of the molecule is O=Cc1cn(S(=O)(=O)c2ccccc2C(F)(F)F)c2cccc([N+](=O)[O-])c12. The zero-order valence-corrected chi connectivity index (χ0v) is 14.0. The third kappa shape index (κ3) is 2.95. The molecule has 2 aromatic carbocycles. The van der Waals surface area contributed by atoms with E-state index in [1.807, 2.05) is 0 Å². The van der Waals surface area contributed by atoms with Crippen molar-refractivity contribution >= 4 is 32.9 Å². The van der Waals surface area contributed by atoms with Crippen LogP contribution in [0.4, 0.5) is 18.9 Å². The number of carbonyl (C=O) groups is 1. The van der Waals surface area contributed by atoms with Crippen molar-refractivity contribution in [2.45, 2.75) is 11.1 Å². The summed E-state index contributed by atoms with van der Waals surface area (Å²) in [5.41, 5.74) is -2.52. The van der Waals surface area contributed by atoms with Crippen molar-refractivity contribution in [3.8, 4) is 0 Å². The second-order valence-electron chi connectivity index (χ2n) is 5.43. The number of nitro benzene ring substituents is 1. The summed E-state index contributed by atoms with van der Waals surface area (Å²) in [5, 5.41) is 10.9. The van der Waals surface area contributed by atoms with Crippen LogP contribution in [0.3, 0.4) is 0 Å². The molecule has 3 rings (SSSR count). The van der Waals surface area contributed by atoms with E-state index in [4.69, 9.17) is 0 Å². The summed E-state index contributed by atoms with van der Waals surface area (Å²) in [6.45, 7) is 0. The summed E-state index contributed by atoms with van der Waals surface area (Å²) >= 11 is 0. The van der Waals surface area contributed by atoms with Crippen molar-refractivity contribution < 1.29 is 31.3 Å². The highest BCUT2D eigenvalue weighted by Gasteiger charge is 2.38. The average Bonchev–Trinajstić information content (AvgIpc) is 3.00. The van der Waals surface area contributed by atoms with Gasteiger partial charge in [0.05, 0.1) is 21.4 Å². The molecule has 0 N–H and O–H groups in total. The van der Waals surface area contributed by atoms with E-state index in [1.54, 1.807) is 0 Å². The summed E-state index contributed by atoms with van der Waals surface area (Å²) < 4.78 is 65.9. The van der Waals surface area contributed by atoms with Gasteiger partial charge >= 0.3 is 6.18 Å². The number of aldehydes is 1. The summed E-state index contributed by atoms with van der Waals surface area (Å²) in [7, 11) is -4.80. The standard InChI is InChI=1S/C16H9F3N2O5S/c17-16(18,19)11-4-1-2-7-14(11)27(25,26)20-8-10(9-22)15-12(20)5-3-6-13(15)21(23)24/h1-9H. The van der Waals surface area contributed by atoms with Gasteiger partial charge in [0.15, 0.2) is 6.29 Å². The highest BCUT2D eigenvalue weighted by molar-refractivity contribution is 7.90. The number of alkyl halides is 3. The molecule has 0 spiro atoms. The van der Waals surface area contributed by atoms with Gasteiger partial charge in [-0.3, -0.25) is 14.9 Å². The maximum absolute atomic E-state index is 13.2. The minimum absolute atomic E-state index is 0.205. The Kier molecular flexibility index (Phi) is 4.26. The van der Waals surface area contributed by atoms with E-state index in [0.29, 0.717) is 10.0 Å². The lowest BCUT2D eigenvalue weighted by atomic mass is 10.1. The summed E-state index contributed by atoms with van der Waals surface area (Å²) in [6, 6.07) is 6.97. The van der Waals surface area contributed by atoms with Gasteiger partial charge in [0, 0.05) is 17.8 Å². The first kappa shape index (κ1) is 18.6. The van der Waals surface area contributed by atoms with Gasteiger partial charge in [0.2, 0.25) is 0 Å². The number of hydrogen-bond donors (Lipinski definition) is 0. The Bertz CT molecular complexity index is 1180. The fraction of sp³-hybridized carbons (Fsp3) is 0.0625. The number of non-ortho nitro benzene ring substituents is 1. The van der Waals surface area contributed by atoms with Crippen LogP contribution in [0.5, 0.6) is 0 Å². The zero-order chi connectivity index (χ0) is 20.0. The molecule has 0 aliphatic rings. The van der Waals surface area contributed by atoms with E-state index >= 15 is 0 Å². The van der Waals surface area contributed by atoms with E-state index in [-0.39, 0.29) is 22.8 Å². The largest absolute Gasteiger partial charge is 0.417 e. The van der Waals surface area contributed by atoms with Gasteiger partial charge in [-0.2, -0.15) is 13.2 Å². The second-order valence-corrected chi connectivity index (χ2v) is 7.21.